The monoisotopic (exact) mass is 379 g/mol. The predicted molar refractivity (Wildman–Crippen MR) is 99.5 cm³/mol. The predicted octanol–water partition coefficient (Wildman–Crippen LogP) is 3.72. The first kappa shape index (κ1) is 20.4. The lowest BCUT2D eigenvalue weighted by atomic mass is 10.1. The zero-order valence-electron chi connectivity index (χ0n) is 15.4. The van der Waals surface area contributed by atoms with Gasteiger partial charge in [-0.25, -0.2) is 4.79 Å². The Balaban J connectivity index is 1.98. The molecule has 146 valence electrons. The number of carbonyl (C=O) groups excluding carboxylic acids is 1. The molecule has 0 bridgehead atoms. The highest BCUT2D eigenvalue weighted by Crippen LogP contribution is 2.22. The summed E-state index contributed by atoms with van der Waals surface area (Å²) in [6.45, 7) is -2.57. The van der Waals surface area contributed by atoms with Crippen LogP contribution in [0.25, 0.3) is 0 Å². The molecule has 0 fully saturated rings. The SMILES string of the molecule is COc1cccc(C(CNC(=O)Nc2cccc(OC(F)F)c2)N(C)C)c1. The van der Waals surface area contributed by atoms with E-state index < -0.39 is 12.6 Å². The first-order valence-electron chi connectivity index (χ1n) is 8.29. The zero-order valence-corrected chi connectivity index (χ0v) is 15.4. The first-order valence-corrected chi connectivity index (χ1v) is 8.29. The molecule has 2 amide bonds. The van der Waals surface area contributed by atoms with Crippen LogP contribution < -0.4 is 20.1 Å². The van der Waals surface area contributed by atoms with Gasteiger partial charge in [0.15, 0.2) is 0 Å². The maximum absolute atomic E-state index is 12.3. The van der Waals surface area contributed by atoms with Crippen molar-refractivity contribution < 1.29 is 23.0 Å². The number of alkyl halides is 2. The normalized spacial score (nSPS) is 12.0. The summed E-state index contributed by atoms with van der Waals surface area (Å²) in [6.07, 6.45) is 0. The van der Waals surface area contributed by atoms with Crippen LogP contribution in [0.15, 0.2) is 48.5 Å². The van der Waals surface area contributed by atoms with Gasteiger partial charge in [0, 0.05) is 18.3 Å². The van der Waals surface area contributed by atoms with Gasteiger partial charge in [-0.3, -0.25) is 0 Å². The Morgan fingerprint density at radius 3 is 2.48 bits per heavy atom. The van der Waals surface area contributed by atoms with Gasteiger partial charge in [-0.2, -0.15) is 8.78 Å². The second-order valence-corrected chi connectivity index (χ2v) is 6.00. The number of rotatable bonds is 8. The van der Waals surface area contributed by atoms with Gasteiger partial charge in [0.2, 0.25) is 0 Å². The van der Waals surface area contributed by atoms with Gasteiger partial charge in [0.25, 0.3) is 0 Å². The lowest BCUT2D eigenvalue weighted by molar-refractivity contribution is -0.0497. The highest BCUT2D eigenvalue weighted by atomic mass is 19.3. The van der Waals surface area contributed by atoms with Crippen molar-refractivity contribution >= 4 is 11.7 Å². The van der Waals surface area contributed by atoms with Crippen LogP contribution in [0.4, 0.5) is 19.3 Å². The lowest BCUT2D eigenvalue weighted by Crippen LogP contribution is -2.36. The number of carbonyl (C=O) groups is 1. The Morgan fingerprint density at radius 2 is 1.81 bits per heavy atom. The highest BCUT2D eigenvalue weighted by molar-refractivity contribution is 5.89. The topological polar surface area (TPSA) is 62.8 Å². The number of anilines is 1. The van der Waals surface area contributed by atoms with E-state index in [1.165, 1.54) is 18.2 Å². The number of halogens is 2. The molecule has 1 atom stereocenters. The number of likely N-dealkylation sites (N-methyl/N-ethyl adjacent to an activating group) is 1. The van der Waals surface area contributed by atoms with E-state index in [1.54, 1.807) is 13.2 Å². The Hall–Kier alpha value is -2.87. The molecule has 2 aromatic carbocycles. The van der Waals surface area contributed by atoms with Crippen molar-refractivity contribution in [2.45, 2.75) is 12.7 Å². The molecule has 0 radical (unpaired) electrons. The lowest BCUT2D eigenvalue weighted by Gasteiger charge is -2.25. The number of amides is 2. The molecule has 2 aromatic rings. The average molecular weight is 379 g/mol. The minimum absolute atomic E-state index is 0.0228. The molecular formula is C19H23F2N3O3. The summed E-state index contributed by atoms with van der Waals surface area (Å²) in [5, 5.41) is 5.39. The van der Waals surface area contributed by atoms with E-state index in [4.69, 9.17) is 4.74 Å². The molecule has 27 heavy (non-hydrogen) atoms. The van der Waals surface area contributed by atoms with E-state index in [0.717, 1.165) is 11.3 Å². The fourth-order valence-electron chi connectivity index (χ4n) is 2.56. The summed E-state index contributed by atoms with van der Waals surface area (Å²) >= 11 is 0. The number of methoxy groups -OCH3 is 1. The van der Waals surface area contributed by atoms with Crippen LogP contribution in [0, 0.1) is 0 Å². The summed E-state index contributed by atoms with van der Waals surface area (Å²) in [5.41, 5.74) is 1.35. The number of benzene rings is 2. The summed E-state index contributed by atoms with van der Waals surface area (Å²) in [7, 11) is 5.42. The molecule has 2 N–H and O–H groups in total. The molecular weight excluding hydrogens is 356 g/mol. The van der Waals surface area contributed by atoms with Crippen molar-refractivity contribution in [2.75, 3.05) is 33.1 Å². The Morgan fingerprint density at radius 1 is 1.11 bits per heavy atom. The van der Waals surface area contributed by atoms with E-state index in [1.807, 2.05) is 43.3 Å². The fourth-order valence-corrected chi connectivity index (χ4v) is 2.56. The molecule has 0 spiro atoms. The van der Waals surface area contributed by atoms with Crippen molar-refractivity contribution in [3.05, 3.63) is 54.1 Å². The minimum Gasteiger partial charge on any atom is -0.497 e. The zero-order chi connectivity index (χ0) is 19.8. The fraction of sp³-hybridized carbons (Fsp3) is 0.316. The van der Waals surface area contributed by atoms with Gasteiger partial charge in [-0.05, 0) is 43.9 Å². The molecule has 0 aromatic heterocycles. The standard InChI is InChI=1S/C19H23F2N3O3/c1-24(2)17(13-6-4-8-15(10-13)26-3)12-22-19(25)23-14-7-5-9-16(11-14)27-18(20)21/h4-11,17-18H,12H2,1-3H3,(H2,22,23,25). The van der Waals surface area contributed by atoms with Gasteiger partial charge in [0.1, 0.15) is 11.5 Å². The van der Waals surface area contributed by atoms with Crippen LogP contribution in [0.1, 0.15) is 11.6 Å². The molecule has 0 saturated carbocycles. The molecule has 0 aliphatic rings. The van der Waals surface area contributed by atoms with Crippen molar-refractivity contribution in [3.8, 4) is 11.5 Å². The number of urea groups is 1. The van der Waals surface area contributed by atoms with Crippen molar-refractivity contribution in [2.24, 2.45) is 0 Å². The highest BCUT2D eigenvalue weighted by Gasteiger charge is 2.16. The molecule has 1 unspecified atom stereocenters. The number of hydrogen-bond acceptors (Lipinski definition) is 4. The minimum atomic E-state index is -2.92. The van der Waals surface area contributed by atoms with Crippen LogP contribution in [-0.4, -0.2) is 45.3 Å². The number of nitrogens with zero attached hydrogens (tertiary/aromatic N) is 1. The third-order valence-electron chi connectivity index (χ3n) is 3.87. The van der Waals surface area contributed by atoms with Gasteiger partial charge in [-0.1, -0.05) is 18.2 Å². The van der Waals surface area contributed by atoms with Crippen LogP contribution in [0.3, 0.4) is 0 Å². The van der Waals surface area contributed by atoms with Crippen LogP contribution in [0.5, 0.6) is 11.5 Å². The largest absolute Gasteiger partial charge is 0.497 e. The van der Waals surface area contributed by atoms with Crippen molar-refractivity contribution in [3.63, 3.8) is 0 Å². The molecule has 8 heteroatoms. The third-order valence-corrected chi connectivity index (χ3v) is 3.87. The van der Waals surface area contributed by atoms with Crippen molar-refractivity contribution in [1.82, 2.24) is 10.2 Å². The van der Waals surface area contributed by atoms with E-state index >= 15 is 0 Å². The number of hydrogen-bond donors (Lipinski definition) is 2. The summed E-state index contributed by atoms with van der Waals surface area (Å²) in [6, 6.07) is 12.9. The molecule has 0 heterocycles. The molecule has 2 rings (SSSR count). The molecule has 6 nitrogen and oxygen atoms in total. The quantitative estimate of drug-likeness (QED) is 0.734. The summed E-state index contributed by atoms with van der Waals surface area (Å²) in [4.78, 5) is 14.2. The van der Waals surface area contributed by atoms with Crippen LogP contribution in [0.2, 0.25) is 0 Å². The molecule has 0 saturated heterocycles. The van der Waals surface area contributed by atoms with Gasteiger partial charge in [0.05, 0.1) is 13.2 Å². The second-order valence-electron chi connectivity index (χ2n) is 6.00. The number of ether oxygens (including phenoxy) is 2. The maximum Gasteiger partial charge on any atom is 0.387 e. The summed E-state index contributed by atoms with van der Waals surface area (Å²) < 4.78 is 34.1. The third kappa shape index (κ3) is 6.41. The van der Waals surface area contributed by atoms with E-state index in [9.17, 15) is 13.6 Å². The Bertz CT molecular complexity index is 756. The number of nitrogens with one attached hydrogen (secondary N) is 2. The van der Waals surface area contributed by atoms with Crippen LogP contribution >= 0.6 is 0 Å². The van der Waals surface area contributed by atoms with E-state index in [2.05, 4.69) is 15.4 Å². The molecule has 0 aliphatic carbocycles. The van der Waals surface area contributed by atoms with Gasteiger partial charge in [-0.15, -0.1) is 0 Å². The maximum atomic E-state index is 12.3. The second kappa shape index (κ2) is 9.72. The van der Waals surface area contributed by atoms with Crippen molar-refractivity contribution in [1.29, 1.82) is 0 Å². The van der Waals surface area contributed by atoms with Crippen LogP contribution in [-0.2, 0) is 0 Å². The average Bonchev–Trinajstić information content (AvgIpc) is 2.61. The Labute approximate surface area is 157 Å². The van der Waals surface area contributed by atoms with Gasteiger partial charge < -0.3 is 25.0 Å². The van der Waals surface area contributed by atoms with E-state index in [-0.39, 0.29) is 11.8 Å². The Kier molecular flexibility index (Phi) is 7.36. The smallest absolute Gasteiger partial charge is 0.387 e. The van der Waals surface area contributed by atoms with Gasteiger partial charge >= 0.3 is 12.6 Å². The first-order chi connectivity index (χ1) is 12.9. The summed E-state index contributed by atoms with van der Waals surface area (Å²) in [5.74, 6) is 0.713. The van der Waals surface area contributed by atoms with E-state index in [0.29, 0.717) is 12.2 Å². The molecule has 0 aliphatic heterocycles.